The Kier molecular flexibility index (Phi) is 3.72. The first kappa shape index (κ1) is 13.5. The molecule has 0 N–H and O–H groups in total. The fourth-order valence-electron chi connectivity index (χ4n) is 3.01. The molecular formula is C15H21N3O2. The van der Waals surface area contributed by atoms with Crippen molar-refractivity contribution in [1.29, 1.82) is 0 Å². The van der Waals surface area contributed by atoms with E-state index in [2.05, 4.69) is 23.7 Å². The van der Waals surface area contributed by atoms with Crippen LogP contribution in [-0.2, 0) is 16.1 Å². The van der Waals surface area contributed by atoms with Crippen LogP contribution in [0.4, 0.5) is 0 Å². The summed E-state index contributed by atoms with van der Waals surface area (Å²) in [5.41, 5.74) is 1.12. The van der Waals surface area contributed by atoms with Crippen LogP contribution < -0.4 is 0 Å². The molecule has 0 spiro atoms. The van der Waals surface area contributed by atoms with Gasteiger partial charge in [0.25, 0.3) is 0 Å². The van der Waals surface area contributed by atoms with E-state index in [0.717, 1.165) is 18.7 Å². The summed E-state index contributed by atoms with van der Waals surface area (Å²) >= 11 is 0. The van der Waals surface area contributed by atoms with Crippen LogP contribution in [0.3, 0.4) is 0 Å². The quantitative estimate of drug-likeness (QED) is 0.822. The van der Waals surface area contributed by atoms with Crippen LogP contribution in [0.2, 0.25) is 0 Å². The Morgan fingerprint density at radius 1 is 1.35 bits per heavy atom. The molecule has 2 fully saturated rings. The molecular weight excluding hydrogens is 254 g/mol. The average molecular weight is 275 g/mol. The van der Waals surface area contributed by atoms with Gasteiger partial charge in [-0.3, -0.25) is 14.7 Å². The molecule has 0 aliphatic carbocycles. The maximum Gasteiger partial charge on any atom is 0.249 e. The normalized spacial score (nSPS) is 27.1. The minimum atomic E-state index is 0.0914. The first-order valence-electron chi connectivity index (χ1n) is 7.19. The Hall–Kier alpha value is -1.46. The number of likely N-dealkylation sites (tertiary alicyclic amines) is 1. The Morgan fingerprint density at radius 2 is 2.10 bits per heavy atom. The van der Waals surface area contributed by atoms with Gasteiger partial charge in [0, 0.05) is 38.1 Å². The van der Waals surface area contributed by atoms with Crippen molar-refractivity contribution < 1.29 is 9.53 Å². The van der Waals surface area contributed by atoms with E-state index in [1.54, 1.807) is 12.4 Å². The second kappa shape index (κ2) is 5.50. The summed E-state index contributed by atoms with van der Waals surface area (Å²) in [5, 5.41) is 0. The standard InChI is InChI=1S/C15H21N3O2/c1-11(2)17-8-13-14(9-17)20-10-15(19)18(13)7-12-3-5-16-6-4-12/h3-6,11,13-14H,7-10H2,1-2H3/t13-,14+/m1/s1. The number of hydrogen-bond acceptors (Lipinski definition) is 4. The van der Waals surface area contributed by atoms with Gasteiger partial charge in [0.15, 0.2) is 0 Å². The summed E-state index contributed by atoms with van der Waals surface area (Å²) in [6.45, 7) is 7.05. The molecule has 2 aliphatic heterocycles. The van der Waals surface area contributed by atoms with Crippen molar-refractivity contribution in [3.63, 3.8) is 0 Å². The number of morpholine rings is 1. The van der Waals surface area contributed by atoms with Crippen molar-refractivity contribution in [3.8, 4) is 0 Å². The van der Waals surface area contributed by atoms with Gasteiger partial charge in [-0.1, -0.05) is 0 Å². The molecule has 5 nitrogen and oxygen atoms in total. The topological polar surface area (TPSA) is 45.7 Å². The molecule has 1 aromatic rings. The summed E-state index contributed by atoms with van der Waals surface area (Å²) in [6, 6.07) is 4.59. The van der Waals surface area contributed by atoms with Crippen LogP contribution >= 0.6 is 0 Å². The lowest BCUT2D eigenvalue weighted by Gasteiger charge is -2.36. The Labute approximate surface area is 119 Å². The van der Waals surface area contributed by atoms with E-state index in [1.165, 1.54) is 0 Å². The van der Waals surface area contributed by atoms with E-state index >= 15 is 0 Å². The van der Waals surface area contributed by atoms with Crippen molar-refractivity contribution in [2.75, 3.05) is 19.7 Å². The van der Waals surface area contributed by atoms with Crippen LogP contribution in [0, 0.1) is 0 Å². The molecule has 1 amide bonds. The van der Waals surface area contributed by atoms with Gasteiger partial charge in [0.05, 0.1) is 12.1 Å². The summed E-state index contributed by atoms with van der Waals surface area (Å²) in [6.07, 6.45) is 3.69. The summed E-state index contributed by atoms with van der Waals surface area (Å²) in [4.78, 5) is 20.6. The van der Waals surface area contributed by atoms with Crippen molar-refractivity contribution in [1.82, 2.24) is 14.8 Å². The van der Waals surface area contributed by atoms with Crippen molar-refractivity contribution in [2.24, 2.45) is 0 Å². The van der Waals surface area contributed by atoms with Gasteiger partial charge in [0.2, 0.25) is 5.91 Å². The van der Waals surface area contributed by atoms with E-state index in [4.69, 9.17) is 4.74 Å². The highest BCUT2D eigenvalue weighted by Crippen LogP contribution is 2.26. The zero-order chi connectivity index (χ0) is 14.1. The minimum absolute atomic E-state index is 0.0914. The lowest BCUT2D eigenvalue weighted by atomic mass is 10.1. The van der Waals surface area contributed by atoms with E-state index in [-0.39, 0.29) is 24.7 Å². The predicted octanol–water partition coefficient (Wildman–Crippen LogP) is 0.902. The van der Waals surface area contributed by atoms with Gasteiger partial charge in [-0.05, 0) is 31.5 Å². The Morgan fingerprint density at radius 3 is 2.80 bits per heavy atom. The molecule has 3 rings (SSSR count). The molecule has 5 heteroatoms. The SMILES string of the molecule is CC(C)N1C[C@@H]2OCC(=O)N(Cc3ccncc3)[C@@H]2C1. The highest BCUT2D eigenvalue weighted by molar-refractivity contribution is 5.78. The van der Waals surface area contributed by atoms with E-state index in [0.29, 0.717) is 12.6 Å². The van der Waals surface area contributed by atoms with Gasteiger partial charge < -0.3 is 9.64 Å². The number of rotatable bonds is 3. The maximum absolute atomic E-state index is 12.2. The predicted molar refractivity (Wildman–Crippen MR) is 75.0 cm³/mol. The van der Waals surface area contributed by atoms with Crippen molar-refractivity contribution >= 4 is 5.91 Å². The summed E-state index contributed by atoms with van der Waals surface area (Å²) < 4.78 is 5.72. The number of amides is 1. The molecule has 2 atom stereocenters. The van der Waals surface area contributed by atoms with Crippen molar-refractivity contribution in [3.05, 3.63) is 30.1 Å². The second-order valence-electron chi connectivity index (χ2n) is 5.84. The molecule has 0 aromatic carbocycles. The number of nitrogens with zero attached hydrogens (tertiary/aromatic N) is 3. The van der Waals surface area contributed by atoms with Crippen LogP contribution in [-0.4, -0.2) is 58.6 Å². The maximum atomic E-state index is 12.2. The zero-order valence-corrected chi connectivity index (χ0v) is 12.0. The highest BCUT2D eigenvalue weighted by atomic mass is 16.5. The zero-order valence-electron chi connectivity index (χ0n) is 12.0. The monoisotopic (exact) mass is 275 g/mol. The van der Waals surface area contributed by atoms with Crippen LogP contribution in [0.5, 0.6) is 0 Å². The van der Waals surface area contributed by atoms with Gasteiger partial charge >= 0.3 is 0 Å². The van der Waals surface area contributed by atoms with E-state index < -0.39 is 0 Å². The molecule has 20 heavy (non-hydrogen) atoms. The fraction of sp³-hybridized carbons (Fsp3) is 0.600. The highest BCUT2D eigenvalue weighted by Gasteiger charge is 2.43. The van der Waals surface area contributed by atoms with Crippen molar-refractivity contribution in [2.45, 2.75) is 38.6 Å². The largest absolute Gasteiger partial charge is 0.365 e. The molecule has 1 aromatic heterocycles. The van der Waals surface area contributed by atoms with Crippen LogP contribution in [0.1, 0.15) is 19.4 Å². The third kappa shape index (κ3) is 2.55. The number of hydrogen-bond donors (Lipinski definition) is 0. The van der Waals surface area contributed by atoms with Gasteiger partial charge in [-0.25, -0.2) is 0 Å². The number of fused-ring (bicyclic) bond motifs is 1. The molecule has 0 radical (unpaired) electrons. The van der Waals surface area contributed by atoms with Crippen LogP contribution in [0.15, 0.2) is 24.5 Å². The van der Waals surface area contributed by atoms with Gasteiger partial charge in [0.1, 0.15) is 6.61 Å². The number of carbonyl (C=O) groups is 1. The summed E-state index contributed by atoms with van der Waals surface area (Å²) in [7, 11) is 0. The molecule has 3 heterocycles. The third-order valence-electron chi connectivity index (χ3n) is 4.24. The van der Waals surface area contributed by atoms with Gasteiger partial charge in [-0.15, -0.1) is 0 Å². The molecule has 108 valence electrons. The molecule has 0 bridgehead atoms. The third-order valence-corrected chi connectivity index (χ3v) is 4.24. The number of aromatic nitrogens is 1. The minimum Gasteiger partial charge on any atom is -0.365 e. The fourth-order valence-corrected chi connectivity index (χ4v) is 3.01. The molecule has 2 saturated heterocycles. The second-order valence-corrected chi connectivity index (χ2v) is 5.84. The lowest BCUT2D eigenvalue weighted by molar-refractivity contribution is -0.153. The van der Waals surface area contributed by atoms with E-state index in [9.17, 15) is 4.79 Å². The van der Waals surface area contributed by atoms with Crippen LogP contribution in [0.25, 0.3) is 0 Å². The number of carbonyl (C=O) groups excluding carboxylic acids is 1. The first-order chi connectivity index (χ1) is 9.65. The number of pyridine rings is 1. The average Bonchev–Trinajstić information content (AvgIpc) is 2.88. The molecule has 0 unspecified atom stereocenters. The smallest absolute Gasteiger partial charge is 0.249 e. The Balaban J connectivity index is 1.76. The molecule has 0 saturated carbocycles. The van der Waals surface area contributed by atoms with E-state index in [1.807, 2.05) is 17.0 Å². The Bertz CT molecular complexity index is 477. The number of ether oxygens (including phenoxy) is 1. The molecule has 2 aliphatic rings. The van der Waals surface area contributed by atoms with Gasteiger partial charge in [-0.2, -0.15) is 0 Å². The first-order valence-corrected chi connectivity index (χ1v) is 7.19. The lowest BCUT2D eigenvalue weighted by Crippen LogP contribution is -2.53. The summed E-state index contributed by atoms with van der Waals surface area (Å²) in [5.74, 6) is 0.0914.